The van der Waals surface area contributed by atoms with Gasteiger partial charge in [0.25, 0.3) is 0 Å². The van der Waals surface area contributed by atoms with Gasteiger partial charge in [0.2, 0.25) is 19.3 Å². The monoisotopic (exact) mass is 588 g/mol. The molecule has 2 aromatic heterocycles. The van der Waals surface area contributed by atoms with E-state index in [9.17, 15) is 0 Å². The van der Waals surface area contributed by atoms with Gasteiger partial charge in [-0.25, -0.2) is 9.13 Å². The third-order valence-corrected chi connectivity index (χ3v) is 6.18. The second-order valence-corrected chi connectivity index (χ2v) is 8.70. The summed E-state index contributed by atoms with van der Waals surface area (Å²) < 4.78 is 8.89. The molecule has 6 rings (SSSR count). The quantitative estimate of drug-likeness (QED) is 0.217. The fourth-order valence-corrected chi connectivity index (χ4v) is 4.52. The topological polar surface area (TPSA) is 17.6 Å². The molecule has 0 unspecified atom stereocenters. The first-order chi connectivity index (χ1) is 16.3. The van der Waals surface area contributed by atoms with Crippen LogP contribution in [0.25, 0.3) is 21.5 Å². The van der Waals surface area contributed by atoms with Gasteiger partial charge in [0.05, 0.1) is 0 Å². The van der Waals surface area contributed by atoms with Crippen LogP contribution in [0.1, 0.15) is 11.1 Å². The summed E-state index contributed by atoms with van der Waals surface area (Å²) in [5, 5.41) is 5.15. The van der Waals surface area contributed by atoms with E-state index in [2.05, 4.69) is 141 Å². The third-order valence-electron chi connectivity index (χ3n) is 6.18. The Morgan fingerprint density at radius 2 is 0.943 bits per heavy atom. The molecule has 6 aromatic rings. The van der Waals surface area contributed by atoms with Crippen molar-refractivity contribution in [2.75, 3.05) is 0 Å². The van der Waals surface area contributed by atoms with E-state index in [1.54, 1.807) is 0 Å². The smallest absolute Gasteiger partial charge is 0.247 e. The second kappa shape index (κ2) is 11.0. The molecule has 35 heavy (non-hydrogen) atoms. The lowest BCUT2D eigenvalue weighted by molar-refractivity contribution is -0.912. The SMILES string of the molecule is [Br-].[Br-].c1ccc2cc(Cn3cc[n+](C[n+]4ccn(Cc5ccc6ccccc6c5)c4)c3)ccc2c1. The van der Waals surface area contributed by atoms with Crippen molar-refractivity contribution in [3.63, 3.8) is 0 Å². The third kappa shape index (κ3) is 5.72. The summed E-state index contributed by atoms with van der Waals surface area (Å²) >= 11 is 0. The van der Waals surface area contributed by atoms with E-state index in [1.165, 1.54) is 32.7 Å². The Hall–Kier alpha value is -3.22. The van der Waals surface area contributed by atoms with Gasteiger partial charge in [-0.15, -0.1) is 0 Å². The minimum Gasteiger partial charge on any atom is -1.00 e. The lowest BCUT2D eigenvalue weighted by Crippen LogP contribution is -3.00. The van der Waals surface area contributed by atoms with Crippen molar-refractivity contribution < 1.29 is 43.1 Å². The lowest BCUT2D eigenvalue weighted by Gasteiger charge is -2.02. The summed E-state index contributed by atoms with van der Waals surface area (Å²) in [6.07, 6.45) is 12.9. The van der Waals surface area contributed by atoms with Crippen LogP contribution >= 0.6 is 0 Å². The van der Waals surface area contributed by atoms with E-state index in [1.807, 2.05) is 0 Å². The van der Waals surface area contributed by atoms with Crippen LogP contribution in [0.15, 0.2) is 122 Å². The minimum atomic E-state index is 0. The summed E-state index contributed by atoms with van der Waals surface area (Å²) in [7, 11) is 0. The first-order valence-electron chi connectivity index (χ1n) is 11.3. The molecule has 4 nitrogen and oxygen atoms in total. The normalized spacial score (nSPS) is 10.7. The van der Waals surface area contributed by atoms with Crippen molar-refractivity contribution >= 4 is 21.5 Å². The Labute approximate surface area is 226 Å². The number of aromatic nitrogens is 4. The van der Waals surface area contributed by atoms with Crippen LogP contribution in [0.5, 0.6) is 0 Å². The average Bonchev–Trinajstić information content (AvgIpc) is 3.48. The number of rotatable bonds is 6. The summed E-state index contributed by atoms with van der Waals surface area (Å²) in [6.45, 7) is 2.52. The predicted molar refractivity (Wildman–Crippen MR) is 131 cm³/mol. The Bertz CT molecular complexity index is 1450. The van der Waals surface area contributed by atoms with Gasteiger partial charge >= 0.3 is 0 Å². The molecule has 0 fully saturated rings. The van der Waals surface area contributed by atoms with E-state index in [4.69, 9.17) is 0 Å². The Morgan fingerprint density at radius 1 is 0.514 bits per heavy atom. The molecule has 0 radical (unpaired) electrons. The first-order valence-corrected chi connectivity index (χ1v) is 11.3. The van der Waals surface area contributed by atoms with Gasteiger partial charge in [-0.1, -0.05) is 72.8 Å². The fraction of sp³-hybridized carbons (Fsp3) is 0.103. The summed E-state index contributed by atoms with van der Waals surface area (Å²) in [5.74, 6) is 0. The van der Waals surface area contributed by atoms with Gasteiger partial charge < -0.3 is 34.0 Å². The van der Waals surface area contributed by atoms with Gasteiger partial charge in [0, 0.05) is 0 Å². The van der Waals surface area contributed by atoms with E-state index in [0.29, 0.717) is 0 Å². The molecular weight excluding hydrogens is 564 g/mol. The Kier molecular flexibility index (Phi) is 7.83. The molecule has 0 N–H and O–H groups in total. The van der Waals surface area contributed by atoms with Gasteiger partial charge in [-0.05, 0) is 44.8 Å². The number of benzene rings is 4. The molecule has 0 aliphatic carbocycles. The van der Waals surface area contributed by atoms with Crippen LogP contribution in [-0.4, -0.2) is 9.13 Å². The van der Waals surface area contributed by atoms with Crippen molar-refractivity contribution in [1.82, 2.24) is 9.13 Å². The van der Waals surface area contributed by atoms with Gasteiger partial charge in [-0.3, -0.25) is 0 Å². The van der Waals surface area contributed by atoms with Crippen molar-refractivity contribution in [3.05, 3.63) is 133 Å². The number of hydrogen-bond acceptors (Lipinski definition) is 0. The van der Waals surface area contributed by atoms with Crippen LogP contribution in [-0.2, 0) is 19.8 Å². The molecule has 0 aliphatic heterocycles. The molecule has 0 aliphatic rings. The highest BCUT2D eigenvalue weighted by Crippen LogP contribution is 2.17. The van der Waals surface area contributed by atoms with Gasteiger partial charge in [0.15, 0.2) is 0 Å². The lowest BCUT2D eigenvalue weighted by atomic mass is 10.1. The summed E-state index contributed by atoms with van der Waals surface area (Å²) in [5.41, 5.74) is 2.62. The standard InChI is InChI=1S/C29H26N4.2BrH/c1-3-7-28-17-24(9-11-26(28)5-1)19-30-13-15-32(21-30)23-33-16-14-31(22-33)20-25-10-12-27-6-2-4-8-29(27)18-25;;/h1-18,21-22H,19-20,23H2;2*1H/q+2;;/p-2. The molecule has 0 spiro atoms. The zero-order valence-electron chi connectivity index (χ0n) is 19.2. The predicted octanol–water partition coefficient (Wildman–Crippen LogP) is -1.22. The minimum absolute atomic E-state index is 0. The number of halogens is 2. The van der Waals surface area contributed by atoms with E-state index >= 15 is 0 Å². The fourth-order valence-electron chi connectivity index (χ4n) is 4.52. The van der Waals surface area contributed by atoms with E-state index in [0.717, 1.165) is 19.8 Å². The summed E-state index contributed by atoms with van der Waals surface area (Å²) in [6, 6.07) is 30.4. The maximum Gasteiger partial charge on any atom is 0.247 e. The molecule has 0 bridgehead atoms. The van der Waals surface area contributed by atoms with Crippen LogP contribution in [0, 0.1) is 0 Å². The van der Waals surface area contributed by atoms with Gasteiger partial charge in [-0.2, -0.15) is 9.13 Å². The summed E-state index contributed by atoms with van der Waals surface area (Å²) in [4.78, 5) is 0. The van der Waals surface area contributed by atoms with Crippen molar-refractivity contribution in [2.24, 2.45) is 0 Å². The first kappa shape index (κ1) is 24.9. The molecule has 176 valence electrons. The Morgan fingerprint density at radius 3 is 1.40 bits per heavy atom. The number of hydrogen-bond donors (Lipinski definition) is 0. The molecule has 6 heteroatoms. The average molecular weight is 590 g/mol. The van der Waals surface area contributed by atoms with Crippen molar-refractivity contribution in [2.45, 2.75) is 19.8 Å². The van der Waals surface area contributed by atoms with Crippen LogP contribution < -0.4 is 43.1 Å². The molecule has 0 atom stereocenters. The number of nitrogens with zero attached hydrogens (tertiary/aromatic N) is 4. The Balaban J connectivity index is 0.00000144. The molecule has 4 aromatic carbocycles. The zero-order chi connectivity index (χ0) is 22.0. The maximum atomic E-state index is 2.28. The highest BCUT2D eigenvalue weighted by atomic mass is 79.9. The van der Waals surface area contributed by atoms with E-state index < -0.39 is 0 Å². The maximum absolute atomic E-state index is 2.28. The molecule has 0 amide bonds. The van der Waals surface area contributed by atoms with E-state index in [-0.39, 0.29) is 34.0 Å². The van der Waals surface area contributed by atoms with Crippen molar-refractivity contribution in [3.8, 4) is 0 Å². The molecular formula is C29H26Br2N4. The highest BCUT2D eigenvalue weighted by molar-refractivity contribution is 5.83. The van der Waals surface area contributed by atoms with Gasteiger partial charge in [0.1, 0.15) is 37.9 Å². The number of fused-ring (bicyclic) bond motifs is 2. The highest BCUT2D eigenvalue weighted by Gasteiger charge is 2.10. The largest absolute Gasteiger partial charge is 1.00 e. The zero-order valence-corrected chi connectivity index (χ0v) is 22.4. The van der Waals surface area contributed by atoms with Crippen LogP contribution in [0.2, 0.25) is 0 Å². The molecule has 2 heterocycles. The molecule has 0 saturated heterocycles. The van der Waals surface area contributed by atoms with Crippen molar-refractivity contribution in [1.29, 1.82) is 0 Å². The second-order valence-electron chi connectivity index (χ2n) is 8.70. The van der Waals surface area contributed by atoms with Crippen LogP contribution in [0.4, 0.5) is 0 Å². The van der Waals surface area contributed by atoms with Crippen LogP contribution in [0.3, 0.4) is 0 Å². The number of imidazole rings is 2. The molecule has 0 saturated carbocycles.